The van der Waals surface area contributed by atoms with Crippen molar-refractivity contribution in [3.8, 4) is 11.5 Å². The molecule has 0 aromatic heterocycles. The van der Waals surface area contributed by atoms with Gasteiger partial charge >= 0.3 is 0 Å². The minimum Gasteiger partial charge on any atom is -0.504 e. The van der Waals surface area contributed by atoms with E-state index in [-0.39, 0.29) is 29.7 Å². The van der Waals surface area contributed by atoms with Crippen LogP contribution < -0.4 is 15.4 Å². The topological polar surface area (TPSA) is 65.9 Å². The zero-order valence-electron chi connectivity index (χ0n) is 15.2. The summed E-state index contributed by atoms with van der Waals surface area (Å²) in [6, 6.07) is 5.46. The van der Waals surface area contributed by atoms with Crippen LogP contribution in [0, 0.1) is 0 Å². The summed E-state index contributed by atoms with van der Waals surface area (Å²) in [5.41, 5.74) is 2.30. The number of guanidine groups is 1. The molecule has 0 saturated heterocycles. The molecular formula is C19H30IN3O2. The lowest BCUT2D eigenvalue weighted by atomic mass is 9.97. The van der Waals surface area contributed by atoms with Crippen LogP contribution in [0.1, 0.15) is 44.6 Å². The second kappa shape index (κ2) is 12.0. The fourth-order valence-electron chi connectivity index (χ4n) is 2.84. The SMILES string of the molecule is CCNC(=NCc1cccc(OC)c1O)NCCC1=CCCCC1.I. The van der Waals surface area contributed by atoms with Crippen LogP contribution in [0.2, 0.25) is 0 Å². The Labute approximate surface area is 168 Å². The summed E-state index contributed by atoms with van der Waals surface area (Å²) < 4.78 is 5.14. The second-order valence-electron chi connectivity index (χ2n) is 5.95. The van der Waals surface area contributed by atoms with Crippen LogP contribution in [0.25, 0.3) is 0 Å². The van der Waals surface area contributed by atoms with Crippen molar-refractivity contribution in [3.63, 3.8) is 0 Å². The first-order valence-electron chi connectivity index (χ1n) is 8.79. The van der Waals surface area contributed by atoms with Gasteiger partial charge in [0.15, 0.2) is 17.5 Å². The summed E-state index contributed by atoms with van der Waals surface area (Å²) in [6.07, 6.45) is 8.53. The van der Waals surface area contributed by atoms with E-state index in [2.05, 4.69) is 21.7 Å². The second-order valence-corrected chi connectivity index (χ2v) is 5.95. The van der Waals surface area contributed by atoms with E-state index in [4.69, 9.17) is 4.74 Å². The van der Waals surface area contributed by atoms with Crippen LogP contribution in [0.15, 0.2) is 34.8 Å². The van der Waals surface area contributed by atoms with Crippen LogP contribution in [-0.2, 0) is 6.54 Å². The number of hydrogen-bond donors (Lipinski definition) is 3. The number of hydrogen-bond acceptors (Lipinski definition) is 3. The van der Waals surface area contributed by atoms with Crippen molar-refractivity contribution in [3.05, 3.63) is 35.4 Å². The van der Waals surface area contributed by atoms with Crippen molar-refractivity contribution in [2.24, 2.45) is 4.99 Å². The number of halogens is 1. The number of nitrogens with zero attached hydrogens (tertiary/aromatic N) is 1. The number of aliphatic imine (C=N–C) groups is 1. The Morgan fingerprint density at radius 1 is 1.28 bits per heavy atom. The van der Waals surface area contributed by atoms with E-state index in [1.165, 1.54) is 25.7 Å². The summed E-state index contributed by atoms with van der Waals surface area (Å²) in [6.45, 7) is 4.13. The van der Waals surface area contributed by atoms with Gasteiger partial charge in [0.25, 0.3) is 0 Å². The molecule has 25 heavy (non-hydrogen) atoms. The number of rotatable bonds is 7. The van der Waals surface area contributed by atoms with Crippen LogP contribution >= 0.6 is 24.0 Å². The maximum atomic E-state index is 10.1. The number of benzene rings is 1. The molecule has 0 unspecified atom stereocenters. The molecule has 1 aromatic rings. The van der Waals surface area contributed by atoms with Crippen LogP contribution in [0.5, 0.6) is 11.5 Å². The summed E-state index contributed by atoms with van der Waals surface area (Å²) in [5, 5.41) is 16.8. The summed E-state index contributed by atoms with van der Waals surface area (Å²) in [4.78, 5) is 4.56. The van der Waals surface area contributed by atoms with Crippen molar-refractivity contribution < 1.29 is 9.84 Å². The fourth-order valence-corrected chi connectivity index (χ4v) is 2.84. The molecule has 3 N–H and O–H groups in total. The van der Waals surface area contributed by atoms with E-state index >= 15 is 0 Å². The Bertz CT molecular complexity index is 588. The monoisotopic (exact) mass is 459 g/mol. The molecule has 0 bridgehead atoms. The van der Waals surface area contributed by atoms with Gasteiger partial charge in [0, 0.05) is 18.7 Å². The minimum atomic E-state index is 0. The van der Waals surface area contributed by atoms with Crippen LogP contribution in [-0.4, -0.2) is 31.3 Å². The van der Waals surface area contributed by atoms with Crippen LogP contribution in [0.4, 0.5) is 0 Å². The molecule has 0 atom stereocenters. The number of aromatic hydroxyl groups is 1. The van der Waals surface area contributed by atoms with E-state index in [1.807, 2.05) is 19.1 Å². The normalized spacial score (nSPS) is 14.3. The van der Waals surface area contributed by atoms with Crippen molar-refractivity contribution in [2.75, 3.05) is 20.2 Å². The van der Waals surface area contributed by atoms with Gasteiger partial charge in [0.05, 0.1) is 13.7 Å². The third kappa shape index (κ3) is 7.13. The summed E-state index contributed by atoms with van der Waals surface area (Å²) in [7, 11) is 1.55. The standard InChI is InChI=1S/C19H29N3O2.HI/c1-3-20-19(21-13-12-15-8-5-4-6-9-15)22-14-16-10-7-11-17(24-2)18(16)23;/h7-8,10-11,23H,3-6,9,12-14H2,1-2H3,(H2,20,21,22);1H. The molecule has 0 radical (unpaired) electrons. The molecule has 1 aliphatic carbocycles. The molecule has 0 saturated carbocycles. The van der Waals surface area contributed by atoms with Crippen molar-refractivity contribution in [2.45, 2.75) is 45.6 Å². The van der Waals surface area contributed by atoms with Gasteiger partial charge in [-0.2, -0.15) is 0 Å². The largest absolute Gasteiger partial charge is 0.504 e. The highest BCUT2D eigenvalue weighted by Crippen LogP contribution is 2.29. The van der Waals surface area contributed by atoms with Gasteiger partial charge in [-0.25, -0.2) is 4.99 Å². The first kappa shape index (κ1) is 21.6. The van der Waals surface area contributed by atoms with Gasteiger partial charge in [-0.3, -0.25) is 0 Å². The quantitative estimate of drug-likeness (QED) is 0.250. The predicted molar refractivity (Wildman–Crippen MR) is 114 cm³/mol. The Morgan fingerprint density at radius 2 is 2.12 bits per heavy atom. The van der Waals surface area contributed by atoms with Gasteiger partial charge in [-0.05, 0) is 45.1 Å². The van der Waals surface area contributed by atoms with Gasteiger partial charge in [-0.15, -0.1) is 24.0 Å². The minimum absolute atomic E-state index is 0. The molecule has 0 aliphatic heterocycles. The molecule has 1 aliphatic rings. The van der Waals surface area contributed by atoms with E-state index in [0.717, 1.165) is 31.0 Å². The van der Waals surface area contributed by atoms with Gasteiger partial charge in [0.1, 0.15) is 0 Å². The van der Waals surface area contributed by atoms with Crippen molar-refractivity contribution in [1.82, 2.24) is 10.6 Å². The third-order valence-corrected chi connectivity index (χ3v) is 4.18. The number of methoxy groups -OCH3 is 1. The zero-order chi connectivity index (χ0) is 17.2. The lowest BCUT2D eigenvalue weighted by Gasteiger charge is -2.15. The molecule has 0 heterocycles. The molecule has 0 spiro atoms. The maximum Gasteiger partial charge on any atom is 0.191 e. The molecule has 0 amide bonds. The van der Waals surface area contributed by atoms with E-state index in [0.29, 0.717) is 12.3 Å². The highest BCUT2D eigenvalue weighted by atomic mass is 127. The van der Waals surface area contributed by atoms with E-state index in [9.17, 15) is 5.11 Å². The molecular weight excluding hydrogens is 429 g/mol. The van der Waals surface area contributed by atoms with E-state index in [1.54, 1.807) is 18.7 Å². The zero-order valence-corrected chi connectivity index (χ0v) is 17.5. The molecule has 140 valence electrons. The van der Waals surface area contributed by atoms with Gasteiger partial charge in [0.2, 0.25) is 0 Å². The van der Waals surface area contributed by atoms with Gasteiger partial charge < -0.3 is 20.5 Å². The molecule has 2 rings (SSSR count). The fraction of sp³-hybridized carbons (Fsp3) is 0.526. The Balaban J connectivity index is 0.00000312. The number of nitrogens with one attached hydrogen (secondary N) is 2. The van der Waals surface area contributed by atoms with Crippen molar-refractivity contribution in [1.29, 1.82) is 0 Å². The van der Waals surface area contributed by atoms with Crippen LogP contribution in [0.3, 0.4) is 0 Å². The number of phenolic OH excluding ortho intramolecular Hbond substituents is 1. The molecule has 5 nitrogen and oxygen atoms in total. The lowest BCUT2D eigenvalue weighted by molar-refractivity contribution is 0.370. The smallest absolute Gasteiger partial charge is 0.191 e. The average Bonchev–Trinajstić information content (AvgIpc) is 2.61. The highest BCUT2D eigenvalue weighted by molar-refractivity contribution is 14.0. The highest BCUT2D eigenvalue weighted by Gasteiger charge is 2.07. The molecule has 6 heteroatoms. The number of allylic oxidation sites excluding steroid dienone is 1. The number of ether oxygens (including phenoxy) is 1. The lowest BCUT2D eigenvalue weighted by Crippen LogP contribution is -2.37. The maximum absolute atomic E-state index is 10.1. The Hall–Kier alpha value is -1.44. The first-order chi connectivity index (χ1) is 11.7. The number of para-hydroxylation sites is 1. The number of phenols is 1. The average molecular weight is 459 g/mol. The Kier molecular flexibility index (Phi) is 10.4. The summed E-state index contributed by atoms with van der Waals surface area (Å²) >= 11 is 0. The molecule has 0 fully saturated rings. The van der Waals surface area contributed by atoms with E-state index < -0.39 is 0 Å². The molecule has 1 aromatic carbocycles. The summed E-state index contributed by atoms with van der Waals surface area (Å²) in [5.74, 6) is 1.41. The first-order valence-corrected chi connectivity index (χ1v) is 8.79. The van der Waals surface area contributed by atoms with Crippen molar-refractivity contribution >= 4 is 29.9 Å². The Morgan fingerprint density at radius 3 is 2.80 bits per heavy atom. The third-order valence-electron chi connectivity index (χ3n) is 4.18. The van der Waals surface area contributed by atoms with Gasteiger partial charge in [-0.1, -0.05) is 23.8 Å². The predicted octanol–water partition coefficient (Wildman–Crippen LogP) is 3.96.